The van der Waals surface area contributed by atoms with Crippen LogP contribution in [0, 0.1) is 11.8 Å². The minimum Gasteiger partial charge on any atom is -0.461 e. The molecule has 3 rings (SSSR count). The quantitative estimate of drug-likeness (QED) is 0.381. The van der Waals surface area contributed by atoms with Crippen LogP contribution in [-0.2, 0) is 33.4 Å². The lowest BCUT2D eigenvalue weighted by Crippen LogP contribution is -2.36. The molecule has 1 heterocycles. The number of carbonyl (C=O) groups is 4. The molecule has 1 fully saturated rings. The molecule has 0 bridgehead atoms. The van der Waals surface area contributed by atoms with Crippen molar-refractivity contribution in [1.29, 1.82) is 0 Å². The van der Waals surface area contributed by atoms with Gasteiger partial charge in [0.25, 0.3) is 0 Å². The van der Waals surface area contributed by atoms with Gasteiger partial charge < -0.3 is 14.2 Å². The van der Waals surface area contributed by atoms with Crippen molar-refractivity contribution in [3.05, 3.63) is 45.6 Å². The van der Waals surface area contributed by atoms with Gasteiger partial charge in [-0.3, -0.25) is 9.59 Å². The number of hydrogen-bond donors (Lipinski definition) is 0. The number of esters is 3. The molecule has 0 radical (unpaired) electrons. The topological polar surface area (TPSA) is 96.0 Å². The van der Waals surface area contributed by atoms with E-state index in [0.29, 0.717) is 11.1 Å². The van der Waals surface area contributed by atoms with Crippen molar-refractivity contribution < 1.29 is 33.4 Å². The fraction of sp³-hybridized carbons (Fsp3) is 0.455. The van der Waals surface area contributed by atoms with E-state index >= 15 is 0 Å². The maximum absolute atomic E-state index is 12.7. The van der Waals surface area contributed by atoms with Gasteiger partial charge in [-0.1, -0.05) is 29.8 Å². The zero-order valence-corrected chi connectivity index (χ0v) is 18.0. The molecule has 1 saturated heterocycles. The van der Waals surface area contributed by atoms with E-state index in [1.165, 1.54) is 13.0 Å². The van der Waals surface area contributed by atoms with Gasteiger partial charge in [-0.2, -0.15) is 0 Å². The third-order valence-electron chi connectivity index (χ3n) is 5.83. The van der Waals surface area contributed by atoms with Gasteiger partial charge in [-0.25, -0.2) is 9.59 Å². The monoisotopic (exact) mass is 434 g/mol. The first-order valence-electron chi connectivity index (χ1n) is 9.58. The fourth-order valence-electron chi connectivity index (χ4n) is 4.29. The van der Waals surface area contributed by atoms with Gasteiger partial charge in [0.05, 0.1) is 16.5 Å². The molecule has 0 saturated carbocycles. The molecule has 0 spiro atoms. The molecule has 0 N–H and O–H groups in total. The van der Waals surface area contributed by atoms with Crippen LogP contribution in [-0.4, -0.2) is 42.5 Å². The van der Waals surface area contributed by atoms with E-state index in [-0.39, 0.29) is 35.0 Å². The lowest BCUT2D eigenvalue weighted by molar-refractivity contribution is -0.149. The summed E-state index contributed by atoms with van der Waals surface area (Å²) in [5.74, 6) is -3.19. The second-order valence-electron chi connectivity index (χ2n) is 7.66. The number of Topliss-reactive ketones (excluding diaryl/α,β-unsaturated/α-hetero) is 1. The molecular weight excluding hydrogens is 412 g/mol. The zero-order valence-electron chi connectivity index (χ0n) is 17.2. The molecule has 2 aliphatic carbocycles. The second kappa shape index (κ2) is 8.22. The number of fused-ring (bicyclic) bond motifs is 3. The first-order valence-corrected chi connectivity index (χ1v) is 9.96. The Hall–Kier alpha value is -2.67. The van der Waals surface area contributed by atoms with Crippen molar-refractivity contribution in [1.82, 2.24) is 0 Å². The van der Waals surface area contributed by atoms with Crippen LogP contribution in [0.3, 0.4) is 0 Å². The third-order valence-corrected chi connectivity index (χ3v) is 6.30. The highest BCUT2D eigenvalue weighted by Crippen LogP contribution is 2.50. The normalized spacial score (nSPS) is 28.8. The summed E-state index contributed by atoms with van der Waals surface area (Å²) in [6.07, 6.45) is 0.215. The Bertz CT molecular complexity index is 953. The van der Waals surface area contributed by atoms with Crippen molar-refractivity contribution in [3.8, 4) is 0 Å². The Morgan fingerprint density at radius 1 is 1.30 bits per heavy atom. The Morgan fingerprint density at radius 3 is 2.57 bits per heavy atom. The SMILES string of the molecule is C=C1C(=O)OC2C3C(C)=C(Cl)C(=O)C3=C(C)CC(OC(=O)C(=CC)COC(C)=O)C12. The summed E-state index contributed by atoms with van der Waals surface area (Å²) in [4.78, 5) is 48.8. The van der Waals surface area contributed by atoms with Gasteiger partial charge in [-0.05, 0) is 26.3 Å². The Morgan fingerprint density at radius 2 is 1.97 bits per heavy atom. The van der Waals surface area contributed by atoms with Crippen molar-refractivity contribution in [3.63, 3.8) is 0 Å². The van der Waals surface area contributed by atoms with Crippen LogP contribution in [0.1, 0.15) is 34.1 Å². The van der Waals surface area contributed by atoms with Gasteiger partial charge in [0, 0.05) is 30.4 Å². The van der Waals surface area contributed by atoms with Crippen molar-refractivity contribution in [2.45, 2.75) is 46.3 Å². The standard InChI is InChI=1S/C22H23ClO7/c1-6-13(8-28-12(5)24)22(27)29-14-7-9(2)15-17(10(3)18(23)19(15)25)20-16(14)11(4)21(26)30-20/h6,14,16-17,20H,4,7-8H2,1-3,5H3. The van der Waals surface area contributed by atoms with Crippen LogP contribution in [0.5, 0.6) is 0 Å². The molecule has 4 atom stereocenters. The van der Waals surface area contributed by atoms with E-state index in [2.05, 4.69) is 6.58 Å². The fourth-order valence-corrected chi connectivity index (χ4v) is 4.51. The summed E-state index contributed by atoms with van der Waals surface area (Å²) in [7, 11) is 0. The van der Waals surface area contributed by atoms with Crippen molar-refractivity contribution in [2.75, 3.05) is 6.61 Å². The first-order chi connectivity index (χ1) is 14.1. The minimum absolute atomic E-state index is 0.134. The van der Waals surface area contributed by atoms with Crippen LogP contribution in [0.4, 0.5) is 0 Å². The van der Waals surface area contributed by atoms with Crippen molar-refractivity contribution >= 4 is 35.3 Å². The zero-order chi connectivity index (χ0) is 22.3. The molecule has 160 valence electrons. The number of rotatable bonds is 4. The van der Waals surface area contributed by atoms with Crippen molar-refractivity contribution in [2.24, 2.45) is 11.8 Å². The highest BCUT2D eigenvalue weighted by Gasteiger charge is 2.55. The number of halogens is 1. The Kier molecular flexibility index (Phi) is 6.04. The molecule has 3 aliphatic rings. The van der Waals surface area contributed by atoms with Crippen LogP contribution in [0.15, 0.2) is 45.6 Å². The van der Waals surface area contributed by atoms with Gasteiger partial charge in [0.1, 0.15) is 18.8 Å². The van der Waals surface area contributed by atoms with E-state index in [0.717, 1.165) is 5.57 Å². The molecule has 4 unspecified atom stereocenters. The van der Waals surface area contributed by atoms with E-state index in [9.17, 15) is 19.2 Å². The largest absolute Gasteiger partial charge is 0.461 e. The number of hydrogen-bond acceptors (Lipinski definition) is 7. The van der Waals surface area contributed by atoms with Crippen LogP contribution >= 0.6 is 11.6 Å². The lowest BCUT2D eigenvalue weighted by atomic mass is 9.82. The van der Waals surface area contributed by atoms with Crippen LogP contribution in [0.2, 0.25) is 0 Å². The van der Waals surface area contributed by atoms with E-state index in [4.69, 9.17) is 25.8 Å². The van der Waals surface area contributed by atoms with Gasteiger partial charge in [0.15, 0.2) is 0 Å². The van der Waals surface area contributed by atoms with E-state index in [1.54, 1.807) is 20.8 Å². The molecule has 8 heteroatoms. The van der Waals surface area contributed by atoms with E-state index in [1.807, 2.05) is 0 Å². The average Bonchev–Trinajstić information content (AvgIpc) is 3.04. The maximum Gasteiger partial charge on any atom is 0.337 e. The summed E-state index contributed by atoms with van der Waals surface area (Å²) in [5.41, 5.74) is 2.20. The Labute approximate surface area is 179 Å². The summed E-state index contributed by atoms with van der Waals surface area (Å²) in [6, 6.07) is 0. The molecular formula is C22H23ClO7. The summed E-state index contributed by atoms with van der Waals surface area (Å²) in [6.45, 7) is 10.0. The predicted octanol–water partition coefficient (Wildman–Crippen LogP) is 2.94. The Balaban J connectivity index is 1.95. The van der Waals surface area contributed by atoms with Gasteiger partial charge in [-0.15, -0.1) is 0 Å². The van der Waals surface area contributed by atoms with Gasteiger partial charge in [0.2, 0.25) is 5.78 Å². The number of ether oxygens (including phenoxy) is 3. The molecule has 0 amide bonds. The molecule has 0 aromatic rings. The second-order valence-corrected chi connectivity index (χ2v) is 8.04. The average molecular weight is 435 g/mol. The number of allylic oxidation sites excluding steroid dienone is 2. The summed E-state index contributed by atoms with van der Waals surface area (Å²) >= 11 is 6.21. The van der Waals surface area contributed by atoms with Crippen LogP contribution < -0.4 is 0 Å². The summed E-state index contributed by atoms with van der Waals surface area (Å²) in [5, 5.41) is 0.134. The number of carbonyl (C=O) groups excluding carboxylic acids is 4. The maximum atomic E-state index is 12.7. The smallest absolute Gasteiger partial charge is 0.337 e. The number of ketones is 1. The lowest BCUT2D eigenvalue weighted by Gasteiger charge is -2.28. The molecule has 1 aliphatic heterocycles. The highest BCUT2D eigenvalue weighted by atomic mass is 35.5. The highest BCUT2D eigenvalue weighted by molar-refractivity contribution is 6.47. The molecule has 30 heavy (non-hydrogen) atoms. The third kappa shape index (κ3) is 3.62. The van der Waals surface area contributed by atoms with Gasteiger partial charge >= 0.3 is 17.9 Å². The summed E-state index contributed by atoms with van der Waals surface area (Å²) < 4.78 is 16.2. The molecule has 0 aromatic heterocycles. The predicted molar refractivity (Wildman–Crippen MR) is 107 cm³/mol. The van der Waals surface area contributed by atoms with E-state index < -0.39 is 42.0 Å². The molecule has 7 nitrogen and oxygen atoms in total. The molecule has 0 aromatic carbocycles. The first kappa shape index (κ1) is 22.0. The minimum atomic E-state index is -0.772. The van der Waals surface area contributed by atoms with Crippen LogP contribution in [0.25, 0.3) is 0 Å².